The molecule has 0 aliphatic rings. The SMILES string of the molecule is COc1cc(CC(N)c2cccc(F)c2Cl)ncn1. The smallest absolute Gasteiger partial charge is 0.216 e. The van der Waals surface area contributed by atoms with Crippen LogP contribution in [0.25, 0.3) is 0 Å². The number of aromatic nitrogens is 2. The Hall–Kier alpha value is -1.72. The molecule has 2 rings (SSSR count). The number of methoxy groups -OCH3 is 1. The molecule has 19 heavy (non-hydrogen) atoms. The molecular formula is C13H13ClFN3O. The zero-order valence-corrected chi connectivity index (χ0v) is 11.1. The quantitative estimate of drug-likeness (QED) is 0.935. The summed E-state index contributed by atoms with van der Waals surface area (Å²) in [5.74, 6) is -0.0163. The number of benzene rings is 1. The van der Waals surface area contributed by atoms with Gasteiger partial charge in [-0.15, -0.1) is 0 Å². The average molecular weight is 282 g/mol. The number of rotatable bonds is 4. The molecule has 0 radical (unpaired) electrons. The average Bonchev–Trinajstić information content (AvgIpc) is 2.42. The molecule has 1 unspecified atom stereocenters. The predicted octanol–water partition coefficient (Wildman–Crippen LogP) is 2.52. The van der Waals surface area contributed by atoms with Crippen LogP contribution in [0.3, 0.4) is 0 Å². The van der Waals surface area contributed by atoms with E-state index < -0.39 is 11.9 Å². The molecule has 4 nitrogen and oxygen atoms in total. The highest BCUT2D eigenvalue weighted by Gasteiger charge is 2.14. The van der Waals surface area contributed by atoms with E-state index in [0.29, 0.717) is 23.6 Å². The van der Waals surface area contributed by atoms with E-state index in [1.54, 1.807) is 18.2 Å². The fourth-order valence-corrected chi connectivity index (χ4v) is 2.01. The van der Waals surface area contributed by atoms with Crippen molar-refractivity contribution < 1.29 is 9.13 Å². The first-order valence-corrected chi connectivity index (χ1v) is 6.04. The molecule has 0 aliphatic heterocycles. The fraction of sp³-hybridized carbons (Fsp3) is 0.231. The molecule has 1 aromatic carbocycles. The number of hydrogen-bond donors (Lipinski definition) is 1. The van der Waals surface area contributed by atoms with E-state index in [0.717, 1.165) is 0 Å². The summed E-state index contributed by atoms with van der Waals surface area (Å²) in [4.78, 5) is 8.01. The Balaban J connectivity index is 2.20. The summed E-state index contributed by atoms with van der Waals surface area (Å²) in [7, 11) is 1.52. The van der Waals surface area contributed by atoms with Gasteiger partial charge in [-0.05, 0) is 11.6 Å². The molecule has 1 aromatic heterocycles. The maximum absolute atomic E-state index is 13.4. The molecule has 0 spiro atoms. The van der Waals surface area contributed by atoms with Crippen LogP contribution in [0.5, 0.6) is 5.88 Å². The highest BCUT2D eigenvalue weighted by atomic mass is 35.5. The molecule has 0 fully saturated rings. The van der Waals surface area contributed by atoms with Crippen molar-refractivity contribution in [1.82, 2.24) is 9.97 Å². The lowest BCUT2D eigenvalue weighted by molar-refractivity contribution is 0.395. The van der Waals surface area contributed by atoms with Gasteiger partial charge >= 0.3 is 0 Å². The molecule has 0 saturated heterocycles. The Morgan fingerprint density at radius 3 is 2.95 bits per heavy atom. The number of halogens is 2. The van der Waals surface area contributed by atoms with E-state index in [1.807, 2.05) is 0 Å². The van der Waals surface area contributed by atoms with Gasteiger partial charge in [0.25, 0.3) is 0 Å². The van der Waals surface area contributed by atoms with Gasteiger partial charge in [-0.1, -0.05) is 23.7 Å². The van der Waals surface area contributed by atoms with Crippen molar-refractivity contribution in [2.75, 3.05) is 7.11 Å². The Morgan fingerprint density at radius 1 is 1.42 bits per heavy atom. The van der Waals surface area contributed by atoms with Crippen LogP contribution in [0.1, 0.15) is 17.3 Å². The molecule has 0 bridgehead atoms. The van der Waals surface area contributed by atoms with E-state index in [4.69, 9.17) is 22.1 Å². The molecule has 2 N–H and O–H groups in total. The van der Waals surface area contributed by atoms with Gasteiger partial charge in [0.1, 0.15) is 12.1 Å². The molecule has 0 aliphatic carbocycles. The van der Waals surface area contributed by atoms with Crippen LogP contribution in [0.2, 0.25) is 5.02 Å². The van der Waals surface area contributed by atoms with Gasteiger partial charge in [-0.2, -0.15) is 0 Å². The lowest BCUT2D eigenvalue weighted by atomic mass is 10.0. The van der Waals surface area contributed by atoms with Crippen LogP contribution in [0.15, 0.2) is 30.6 Å². The number of hydrogen-bond acceptors (Lipinski definition) is 4. The molecular weight excluding hydrogens is 269 g/mol. The monoisotopic (exact) mass is 281 g/mol. The zero-order valence-electron chi connectivity index (χ0n) is 10.3. The molecule has 0 saturated carbocycles. The van der Waals surface area contributed by atoms with E-state index in [-0.39, 0.29) is 5.02 Å². The van der Waals surface area contributed by atoms with Gasteiger partial charge in [0, 0.05) is 24.2 Å². The van der Waals surface area contributed by atoms with Crippen LogP contribution < -0.4 is 10.5 Å². The maximum Gasteiger partial charge on any atom is 0.216 e. The summed E-state index contributed by atoms with van der Waals surface area (Å²) >= 11 is 5.90. The van der Waals surface area contributed by atoms with Crippen molar-refractivity contribution in [3.63, 3.8) is 0 Å². The van der Waals surface area contributed by atoms with Gasteiger partial charge < -0.3 is 10.5 Å². The third-order valence-electron chi connectivity index (χ3n) is 2.72. The highest BCUT2D eigenvalue weighted by Crippen LogP contribution is 2.26. The zero-order chi connectivity index (χ0) is 13.8. The summed E-state index contributed by atoms with van der Waals surface area (Å²) in [5.41, 5.74) is 7.30. The largest absolute Gasteiger partial charge is 0.481 e. The third-order valence-corrected chi connectivity index (χ3v) is 3.12. The van der Waals surface area contributed by atoms with Crippen LogP contribution in [0.4, 0.5) is 4.39 Å². The first-order valence-electron chi connectivity index (χ1n) is 5.66. The van der Waals surface area contributed by atoms with Gasteiger partial charge in [0.2, 0.25) is 5.88 Å². The summed E-state index contributed by atoms with van der Waals surface area (Å²) in [6, 6.07) is 5.83. The van der Waals surface area contributed by atoms with Crippen LogP contribution >= 0.6 is 11.6 Å². The van der Waals surface area contributed by atoms with Gasteiger partial charge in [0.05, 0.1) is 12.1 Å². The van der Waals surface area contributed by atoms with Gasteiger partial charge in [-0.3, -0.25) is 0 Å². The Morgan fingerprint density at radius 2 is 2.21 bits per heavy atom. The minimum Gasteiger partial charge on any atom is -0.481 e. The lowest BCUT2D eigenvalue weighted by Crippen LogP contribution is -2.15. The Kier molecular flexibility index (Phi) is 4.29. The molecule has 6 heteroatoms. The third kappa shape index (κ3) is 3.19. The molecule has 1 atom stereocenters. The van der Waals surface area contributed by atoms with Crippen molar-refractivity contribution in [2.24, 2.45) is 5.73 Å². The first-order chi connectivity index (χ1) is 9.11. The Bertz CT molecular complexity index is 580. The van der Waals surface area contributed by atoms with Crippen LogP contribution in [0, 0.1) is 5.82 Å². The van der Waals surface area contributed by atoms with E-state index in [1.165, 1.54) is 19.5 Å². The number of nitrogens with zero attached hydrogens (tertiary/aromatic N) is 2. The predicted molar refractivity (Wildman–Crippen MR) is 70.6 cm³/mol. The summed E-state index contributed by atoms with van der Waals surface area (Å²) < 4.78 is 18.4. The second kappa shape index (κ2) is 5.95. The first kappa shape index (κ1) is 13.7. The highest BCUT2D eigenvalue weighted by molar-refractivity contribution is 6.31. The van der Waals surface area contributed by atoms with Gasteiger partial charge in [0.15, 0.2) is 0 Å². The van der Waals surface area contributed by atoms with Crippen molar-refractivity contribution >= 4 is 11.6 Å². The fourth-order valence-electron chi connectivity index (χ4n) is 1.74. The summed E-state index contributed by atoms with van der Waals surface area (Å²) in [6.07, 6.45) is 1.82. The van der Waals surface area contributed by atoms with Crippen molar-refractivity contribution in [3.05, 3.63) is 52.7 Å². The number of ether oxygens (including phenoxy) is 1. The van der Waals surface area contributed by atoms with E-state index in [2.05, 4.69) is 9.97 Å². The van der Waals surface area contributed by atoms with Crippen molar-refractivity contribution in [1.29, 1.82) is 0 Å². The molecule has 100 valence electrons. The maximum atomic E-state index is 13.4. The second-order valence-electron chi connectivity index (χ2n) is 4.01. The molecule has 0 amide bonds. The summed E-state index contributed by atoms with van der Waals surface area (Å²) in [5, 5.41) is 0.0519. The van der Waals surface area contributed by atoms with E-state index in [9.17, 15) is 4.39 Å². The molecule has 2 aromatic rings. The summed E-state index contributed by atoms with van der Waals surface area (Å²) in [6.45, 7) is 0. The van der Waals surface area contributed by atoms with Crippen LogP contribution in [-0.4, -0.2) is 17.1 Å². The van der Waals surface area contributed by atoms with E-state index >= 15 is 0 Å². The van der Waals surface area contributed by atoms with Gasteiger partial charge in [-0.25, -0.2) is 14.4 Å². The lowest BCUT2D eigenvalue weighted by Gasteiger charge is -2.13. The minimum atomic E-state index is -0.477. The normalized spacial score (nSPS) is 12.2. The van der Waals surface area contributed by atoms with Crippen LogP contribution in [-0.2, 0) is 6.42 Å². The number of nitrogens with two attached hydrogens (primary N) is 1. The second-order valence-corrected chi connectivity index (χ2v) is 4.38. The minimum absolute atomic E-state index is 0.0519. The standard InChI is InChI=1S/C13H13ClFN3O/c1-19-12-6-8(17-7-18-12)5-11(16)9-3-2-4-10(15)13(9)14/h2-4,6-7,11H,5,16H2,1H3. The van der Waals surface area contributed by atoms with Crippen molar-refractivity contribution in [3.8, 4) is 5.88 Å². The Labute approximate surface area is 115 Å². The topological polar surface area (TPSA) is 61.0 Å². The molecule has 1 heterocycles. The van der Waals surface area contributed by atoms with Crippen molar-refractivity contribution in [2.45, 2.75) is 12.5 Å².